The molecule has 0 saturated carbocycles. The summed E-state index contributed by atoms with van der Waals surface area (Å²) in [7, 11) is 0. The molecule has 4 heterocycles. The lowest BCUT2D eigenvalue weighted by Crippen LogP contribution is -1.93. The van der Waals surface area contributed by atoms with E-state index in [1.807, 2.05) is 28.7 Å². The Balaban J connectivity index is 2.01. The zero-order valence-electron chi connectivity index (χ0n) is 11.8. The van der Waals surface area contributed by atoms with Crippen LogP contribution in [-0.4, -0.2) is 24.5 Å². The molecule has 0 spiro atoms. The highest BCUT2D eigenvalue weighted by Gasteiger charge is 2.14. The predicted molar refractivity (Wildman–Crippen MR) is 80.9 cm³/mol. The van der Waals surface area contributed by atoms with Crippen molar-refractivity contribution in [2.24, 2.45) is 0 Å². The van der Waals surface area contributed by atoms with E-state index >= 15 is 0 Å². The number of nitrogens with zero attached hydrogens (tertiary/aromatic N) is 5. The van der Waals surface area contributed by atoms with Gasteiger partial charge in [-0.25, -0.2) is 4.98 Å². The molecule has 0 saturated heterocycles. The van der Waals surface area contributed by atoms with Gasteiger partial charge in [0.1, 0.15) is 17.2 Å². The summed E-state index contributed by atoms with van der Waals surface area (Å²) in [5, 5.41) is 3.85. The molecule has 4 rings (SSSR count). The minimum atomic E-state index is 0.422. The van der Waals surface area contributed by atoms with Gasteiger partial charge in [0.05, 0.1) is 6.20 Å². The Morgan fingerprint density at radius 3 is 2.82 bits per heavy atom. The number of nitrogen functional groups attached to an aromatic ring is 1. The molecule has 0 aromatic carbocycles. The number of rotatable bonds is 2. The van der Waals surface area contributed by atoms with Gasteiger partial charge in [-0.05, 0) is 30.7 Å². The third kappa shape index (κ3) is 1.99. The van der Waals surface area contributed by atoms with Crippen molar-refractivity contribution >= 4 is 11.5 Å². The summed E-state index contributed by atoms with van der Waals surface area (Å²) in [6, 6.07) is 7.77. The molecule has 4 aromatic rings. The monoisotopic (exact) mass is 292 g/mol. The Hall–Kier alpha value is -3.22. The maximum absolute atomic E-state index is 5.82. The molecule has 0 fully saturated rings. The fraction of sp³-hybridized carbons (Fsp3) is 0.0667. The van der Waals surface area contributed by atoms with Crippen molar-refractivity contribution in [3.63, 3.8) is 0 Å². The van der Waals surface area contributed by atoms with Gasteiger partial charge in [-0.1, -0.05) is 11.2 Å². The summed E-state index contributed by atoms with van der Waals surface area (Å²) in [5.41, 5.74) is 9.20. The summed E-state index contributed by atoms with van der Waals surface area (Å²) < 4.78 is 7.13. The van der Waals surface area contributed by atoms with Crippen molar-refractivity contribution in [1.82, 2.24) is 24.5 Å². The van der Waals surface area contributed by atoms with E-state index in [1.54, 1.807) is 25.5 Å². The molecule has 0 aliphatic rings. The van der Waals surface area contributed by atoms with Crippen molar-refractivity contribution in [3.05, 3.63) is 48.7 Å². The van der Waals surface area contributed by atoms with E-state index in [-0.39, 0.29) is 0 Å². The molecule has 0 bridgehead atoms. The lowest BCUT2D eigenvalue weighted by Gasteiger charge is -2.06. The Kier molecular flexibility index (Phi) is 2.65. The highest BCUT2D eigenvalue weighted by molar-refractivity contribution is 5.73. The highest BCUT2D eigenvalue weighted by atomic mass is 16.5. The van der Waals surface area contributed by atoms with Crippen LogP contribution in [0.5, 0.6) is 0 Å². The molecule has 7 nitrogen and oxygen atoms in total. The molecule has 7 heteroatoms. The average molecular weight is 292 g/mol. The van der Waals surface area contributed by atoms with Crippen LogP contribution in [0.15, 0.2) is 47.4 Å². The van der Waals surface area contributed by atoms with Crippen LogP contribution in [0.25, 0.3) is 28.4 Å². The first kappa shape index (κ1) is 12.5. The van der Waals surface area contributed by atoms with E-state index < -0.39 is 0 Å². The van der Waals surface area contributed by atoms with Crippen LogP contribution < -0.4 is 5.73 Å². The smallest absolute Gasteiger partial charge is 0.274 e. The van der Waals surface area contributed by atoms with Gasteiger partial charge >= 0.3 is 0 Å². The van der Waals surface area contributed by atoms with Crippen LogP contribution in [0.2, 0.25) is 0 Å². The number of aryl methyl sites for hydroxylation is 1. The summed E-state index contributed by atoms with van der Waals surface area (Å²) in [5.74, 6) is 1.43. The van der Waals surface area contributed by atoms with Crippen molar-refractivity contribution in [2.75, 3.05) is 5.73 Å². The topological polar surface area (TPSA) is 95.1 Å². The number of pyridine rings is 2. The fourth-order valence-corrected chi connectivity index (χ4v) is 2.37. The Morgan fingerprint density at radius 2 is 2.09 bits per heavy atom. The summed E-state index contributed by atoms with van der Waals surface area (Å²) in [6.07, 6.45) is 5.26. The first-order chi connectivity index (χ1) is 10.7. The molecule has 0 unspecified atom stereocenters. The van der Waals surface area contributed by atoms with Crippen molar-refractivity contribution in [2.45, 2.75) is 6.92 Å². The van der Waals surface area contributed by atoms with E-state index in [0.717, 1.165) is 16.8 Å². The van der Waals surface area contributed by atoms with Gasteiger partial charge in [0.25, 0.3) is 5.89 Å². The molecule has 4 aromatic heterocycles. The number of fused-ring (bicyclic) bond motifs is 1. The summed E-state index contributed by atoms with van der Waals surface area (Å²) in [6.45, 7) is 1.78. The molecule has 0 aliphatic heterocycles. The number of hydrogen-bond donors (Lipinski definition) is 1. The van der Waals surface area contributed by atoms with E-state index in [9.17, 15) is 0 Å². The van der Waals surface area contributed by atoms with Crippen LogP contribution >= 0.6 is 0 Å². The first-order valence-corrected chi connectivity index (χ1v) is 6.70. The number of imidazole rings is 1. The van der Waals surface area contributed by atoms with Crippen LogP contribution in [0, 0.1) is 6.92 Å². The van der Waals surface area contributed by atoms with Gasteiger partial charge in [-0.3, -0.25) is 9.38 Å². The van der Waals surface area contributed by atoms with Gasteiger partial charge in [0.2, 0.25) is 0 Å². The van der Waals surface area contributed by atoms with Crippen LogP contribution in [0.4, 0.5) is 5.82 Å². The molecule has 108 valence electrons. The zero-order chi connectivity index (χ0) is 15.1. The average Bonchev–Trinajstić information content (AvgIpc) is 3.12. The zero-order valence-corrected chi connectivity index (χ0v) is 11.8. The predicted octanol–water partition coefficient (Wildman–Crippen LogP) is 2.34. The quantitative estimate of drug-likeness (QED) is 0.609. The second-order valence-electron chi connectivity index (χ2n) is 4.91. The highest BCUT2D eigenvalue weighted by Crippen LogP contribution is 2.28. The summed E-state index contributed by atoms with van der Waals surface area (Å²) >= 11 is 0. The fourth-order valence-electron chi connectivity index (χ4n) is 2.37. The van der Waals surface area contributed by atoms with E-state index in [0.29, 0.717) is 23.2 Å². The van der Waals surface area contributed by atoms with Crippen LogP contribution in [-0.2, 0) is 0 Å². The maximum atomic E-state index is 5.82. The van der Waals surface area contributed by atoms with Crippen molar-refractivity contribution < 1.29 is 4.52 Å². The Bertz CT molecular complexity index is 957. The minimum absolute atomic E-state index is 0.422. The second kappa shape index (κ2) is 4.66. The van der Waals surface area contributed by atoms with Gasteiger partial charge in [0.15, 0.2) is 5.82 Å². The van der Waals surface area contributed by atoms with E-state index in [2.05, 4.69) is 20.1 Å². The lowest BCUT2D eigenvalue weighted by atomic mass is 10.1. The SMILES string of the molecule is Cc1noc(-c2cc(-c3cccnc3)cc3nc(N)cn23)n1. The molecule has 2 N–H and O–H groups in total. The van der Waals surface area contributed by atoms with Crippen molar-refractivity contribution in [1.29, 1.82) is 0 Å². The normalized spacial score (nSPS) is 11.1. The van der Waals surface area contributed by atoms with Gasteiger partial charge in [-0.15, -0.1) is 0 Å². The lowest BCUT2D eigenvalue weighted by molar-refractivity contribution is 0.424. The number of hydrogen-bond acceptors (Lipinski definition) is 6. The van der Waals surface area contributed by atoms with E-state index in [4.69, 9.17) is 10.3 Å². The van der Waals surface area contributed by atoms with Crippen LogP contribution in [0.3, 0.4) is 0 Å². The second-order valence-corrected chi connectivity index (χ2v) is 4.91. The number of nitrogens with two attached hydrogens (primary N) is 1. The number of aromatic nitrogens is 5. The van der Waals surface area contributed by atoms with Gasteiger partial charge in [0, 0.05) is 18.0 Å². The summed E-state index contributed by atoms with van der Waals surface area (Å²) in [4.78, 5) is 12.8. The minimum Gasteiger partial charge on any atom is -0.382 e. The first-order valence-electron chi connectivity index (χ1n) is 6.70. The van der Waals surface area contributed by atoms with Crippen LogP contribution in [0.1, 0.15) is 5.82 Å². The molecule has 0 radical (unpaired) electrons. The van der Waals surface area contributed by atoms with Gasteiger partial charge < -0.3 is 10.3 Å². The molecular weight excluding hydrogens is 280 g/mol. The Morgan fingerprint density at radius 1 is 1.18 bits per heavy atom. The van der Waals surface area contributed by atoms with Gasteiger partial charge in [-0.2, -0.15) is 4.98 Å². The standard InChI is InChI=1S/C15H12N6O/c1-9-18-15(22-20-9)12-5-11(10-3-2-4-17-7-10)6-14-19-13(16)8-21(12)14/h2-8H,16H2,1H3. The largest absolute Gasteiger partial charge is 0.382 e. The molecule has 0 aliphatic carbocycles. The van der Waals surface area contributed by atoms with Crippen molar-refractivity contribution in [3.8, 4) is 22.7 Å². The third-order valence-electron chi connectivity index (χ3n) is 3.33. The third-order valence-corrected chi connectivity index (χ3v) is 3.33. The number of anilines is 1. The maximum Gasteiger partial charge on any atom is 0.274 e. The molecule has 0 amide bonds. The molecule has 22 heavy (non-hydrogen) atoms. The molecule has 0 atom stereocenters. The van der Waals surface area contributed by atoms with E-state index in [1.165, 1.54) is 0 Å². The Labute approximate surface area is 125 Å². The molecular formula is C15H12N6O.